The van der Waals surface area contributed by atoms with Gasteiger partial charge >= 0.3 is 5.97 Å². The number of methoxy groups -OCH3 is 1. The summed E-state index contributed by atoms with van der Waals surface area (Å²) in [6, 6.07) is 1.92. The summed E-state index contributed by atoms with van der Waals surface area (Å²) in [7, 11) is 1.58. The largest absolute Gasteiger partial charge is 0.480 e. The second-order valence-corrected chi connectivity index (χ2v) is 4.70. The van der Waals surface area contributed by atoms with Crippen LogP contribution in [0, 0.1) is 6.92 Å². The van der Waals surface area contributed by atoms with Crippen LogP contribution in [-0.4, -0.2) is 47.8 Å². The molecule has 0 bridgehead atoms. The summed E-state index contributed by atoms with van der Waals surface area (Å²) >= 11 is 0. The van der Waals surface area contributed by atoms with Crippen LogP contribution in [0.15, 0.2) is 6.07 Å². The number of aromatic nitrogens is 2. The lowest BCUT2D eigenvalue weighted by atomic mass is 10.1. The van der Waals surface area contributed by atoms with Gasteiger partial charge in [0.15, 0.2) is 0 Å². The van der Waals surface area contributed by atoms with Gasteiger partial charge < -0.3 is 14.7 Å². The fraction of sp³-hybridized carbons (Fsp3) is 0.615. The van der Waals surface area contributed by atoms with E-state index in [4.69, 9.17) is 9.84 Å². The van der Waals surface area contributed by atoms with Crippen LogP contribution in [0.2, 0.25) is 0 Å². The Hall–Kier alpha value is -1.69. The Morgan fingerprint density at radius 1 is 1.47 bits per heavy atom. The van der Waals surface area contributed by atoms with E-state index in [9.17, 15) is 4.79 Å². The molecule has 1 aromatic heterocycles. The SMILES string of the molecule is COCCN(CC(=O)O)c1nc(C)cc(C(C)C)n1. The molecule has 1 N–H and O–H groups in total. The van der Waals surface area contributed by atoms with E-state index in [1.54, 1.807) is 12.0 Å². The van der Waals surface area contributed by atoms with E-state index in [0.29, 0.717) is 19.1 Å². The highest BCUT2D eigenvalue weighted by Gasteiger charge is 2.15. The van der Waals surface area contributed by atoms with Gasteiger partial charge in [0.05, 0.1) is 6.61 Å². The number of hydrogen-bond donors (Lipinski definition) is 1. The first-order valence-electron chi connectivity index (χ1n) is 6.25. The van der Waals surface area contributed by atoms with Crippen molar-refractivity contribution >= 4 is 11.9 Å². The lowest BCUT2D eigenvalue weighted by Crippen LogP contribution is -2.34. The zero-order chi connectivity index (χ0) is 14.4. The summed E-state index contributed by atoms with van der Waals surface area (Å²) in [5.41, 5.74) is 1.75. The van der Waals surface area contributed by atoms with Crippen molar-refractivity contribution in [1.29, 1.82) is 0 Å². The van der Waals surface area contributed by atoms with Gasteiger partial charge in [-0.05, 0) is 18.9 Å². The third-order valence-electron chi connectivity index (χ3n) is 2.63. The maximum Gasteiger partial charge on any atom is 0.323 e. The Morgan fingerprint density at radius 3 is 2.68 bits per heavy atom. The fourth-order valence-corrected chi connectivity index (χ4v) is 1.63. The van der Waals surface area contributed by atoms with E-state index in [2.05, 4.69) is 9.97 Å². The Bertz CT molecular complexity index is 435. The molecule has 6 nitrogen and oxygen atoms in total. The molecule has 0 spiro atoms. The minimum absolute atomic E-state index is 0.135. The van der Waals surface area contributed by atoms with Crippen LogP contribution in [0.25, 0.3) is 0 Å². The maximum absolute atomic E-state index is 10.9. The highest BCUT2D eigenvalue weighted by atomic mass is 16.5. The van der Waals surface area contributed by atoms with Gasteiger partial charge in [0.25, 0.3) is 0 Å². The summed E-state index contributed by atoms with van der Waals surface area (Å²) in [6.45, 7) is 6.71. The number of ether oxygens (including phenoxy) is 1. The lowest BCUT2D eigenvalue weighted by Gasteiger charge is -2.21. The average molecular weight is 267 g/mol. The number of aryl methyl sites for hydroxylation is 1. The highest BCUT2D eigenvalue weighted by molar-refractivity contribution is 5.72. The molecule has 0 saturated carbocycles. The van der Waals surface area contributed by atoms with E-state index < -0.39 is 5.97 Å². The zero-order valence-electron chi connectivity index (χ0n) is 11.9. The quantitative estimate of drug-likeness (QED) is 0.805. The van der Waals surface area contributed by atoms with Crippen LogP contribution < -0.4 is 4.90 Å². The summed E-state index contributed by atoms with van der Waals surface area (Å²) in [5, 5.41) is 8.95. The fourth-order valence-electron chi connectivity index (χ4n) is 1.63. The molecule has 1 rings (SSSR count). The van der Waals surface area contributed by atoms with E-state index in [-0.39, 0.29) is 12.5 Å². The second kappa shape index (κ2) is 7.04. The first-order valence-corrected chi connectivity index (χ1v) is 6.25. The van der Waals surface area contributed by atoms with Gasteiger partial charge in [0.1, 0.15) is 6.54 Å². The molecule has 0 aromatic carbocycles. The van der Waals surface area contributed by atoms with Crippen molar-refractivity contribution in [3.8, 4) is 0 Å². The molecule has 0 aliphatic carbocycles. The molecule has 19 heavy (non-hydrogen) atoms. The third-order valence-corrected chi connectivity index (χ3v) is 2.63. The van der Waals surface area contributed by atoms with Gasteiger partial charge in [-0.15, -0.1) is 0 Å². The molecule has 1 heterocycles. The number of hydrogen-bond acceptors (Lipinski definition) is 5. The van der Waals surface area contributed by atoms with Crippen molar-refractivity contribution in [1.82, 2.24) is 9.97 Å². The van der Waals surface area contributed by atoms with Crippen LogP contribution >= 0.6 is 0 Å². The molecule has 0 aliphatic rings. The van der Waals surface area contributed by atoms with Gasteiger partial charge in [0, 0.05) is 25.0 Å². The van der Waals surface area contributed by atoms with Crippen molar-refractivity contribution in [2.45, 2.75) is 26.7 Å². The van der Waals surface area contributed by atoms with Crippen molar-refractivity contribution in [2.75, 3.05) is 31.7 Å². The molecular formula is C13H21N3O3. The first-order chi connectivity index (χ1) is 8.93. The Labute approximate surface area is 113 Å². The molecule has 0 unspecified atom stereocenters. The standard InChI is InChI=1S/C13H21N3O3/c1-9(2)11-7-10(3)14-13(15-11)16(5-6-19-4)8-12(17)18/h7,9H,5-6,8H2,1-4H3,(H,17,18). The van der Waals surface area contributed by atoms with Gasteiger partial charge in [-0.3, -0.25) is 4.79 Å². The number of carboxylic acid groups (broad SMARTS) is 1. The minimum Gasteiger partial charge on any atom is -0.480 e. The van der Waals surface area contributed by atoms with E-state index in [1.165, 1.54) is 0 Å². The number of carbonyl (C=O) groups is 1. The molecule has 0 saturated heterocycles. The zero-order valence-corrected chi connectivity index (χ0v) is 11.9. The molecule has 1 aromatic rings. The topological polar surface area (TPSA) is 75.5 Å². The summed E-state index contributed by atoms with van der Waals surface area (Å²) in [4.78, 5) is 21.3. The highest BCUT2D eigenvalue weighted by Crippen LogP contribution is 2.16. The van der Waals surface area contributed by atoms with E-state index >= 15 is 0 Å². The van der Waals surface area contributed by atoms with Gasteiger partial charge in [-0.25, -0.2) is 9.97 Å². The Morgan fingerprint density at radius 2 is 2.16 bits per heavy atom. The molecule has 0 radical (unpaired) electrons. The molecule has 0 aliphatic heterocycles. The van der Waals surface area contributed by atoms with Crippen LogP contribution in [0.3, 0.4) is 0 Å². The number of aliphatic carboxylic acids is 1. The van der Waals surface area contributed by atoms with E-state index in [1.807, 2.05) is 26.8 Å². The molecule has 6 heteroatoms. The van der Waals surface area contributed by atoms with Crippen molar-refractivity contribution in [3.63, 3.8) is 0 Å². The van der Waals surface area contributed by atoms with Crippen LogP contribution in [0.1, 0.15) is 31.2 Å². The number of nitrogens with zero attached hydrogens (tertiary/aromatic N) is 3. The van der Waals surface area contributed by atoms with Crippen LogP contribution in [-0.2, 0) is 9.53 Å². The maximum atomic E-state index is 10.9. The van der Waals surface area contributed by atoms with Gasteiger partial charge in [0.2, 0.25) is 5.95 Å². The van der Waals surface area contributed by atoms with Crippen molar-refractivity contribution in [3.05, 3.63) is 17.5 Å². The molecule has 0 fully saturated rings. The molecule has 106 valence electrons. The normalized spacial score (nSPS) is 10.8. The second-order valence-electron chi connectivity index (χ2n) is 4.70. The van der Waals surface area contributed by atoms with Crippen LogP contribution in [0.5, 0.6) is 0 Å². The molecule has 0 atom stereocenters. The first kappa shape index (κ1) is 15.4. The van der Waals surface area contributed by atoms with Crippen molar-refractivity contribution in [2.24, 2.45) is 0 Å². The van der Waals surface area contributed by atoms with Gasteiger partial charge in [-0.2, -0.15) is 0 Å². The Kier molecular flexibility index (Phi) is 5.69. The minimum atomic E-state index is -0.910. The van der Waals surface area contributed by atoms with E-state index in [0.717, 1.165) is 11.4 Å². The average Bonchev–Trinajstić information content (AvgIpc) is 2.33. The lowest BCUT2D eigenvalue weighted by molar-refractivity contribution is -0.135. The monoisotopic (exact) mass is 267 g/mol. The van der Waals surface area contributed by atoms with Gasteiger partial charge in [-0.1, -0.05) is 13.8 Å². The predicted octanol–water partition coefficient (Wildman–Crippen LogP) is 1.45. The third kappa shape index (κ3) is 4.82. The molecule has 0 amide bonds. The molecular weight excluding hydrogens is 246 g/mol. The Balaban J connectivity index is 3.02. The smallest absolute Gasteiger partial charge is 0.323 e. The number of carboxylic acids is 1. The number of rotatable bonds is 7. The predicted molar refractivity (Wildman–Crippen MR) is 72.6 cm³/mol. The summed E-state index contributed by atoms with van der Waals surface area (Å²) < 4.78 is 4.99. The summed E-state index contributed by atoms with van der Waals surface area (Å²) in [5.74, 6) is -0.190. The van der Waals surface area contributed by atoms with Crippen LogP contribution in [0.4, 0.5) is 5.95 Å². The van der Waals surface area contributed by atoms with Crippen molar-refractivity contribution < 1.29 is 14.6 Å². The summed E-state index contributed by atoms with van der Waals surface area (Å²) in [6.07, 6.45) is 0. The number of anilines is 1.